The van der Waals surface area contributed by atoms with Crippen LogP contribution in [0.5, 0.6) is 0 Å². The fourth-order valence-corrected chi connectivity index (χ4v) is 1.03. The standard InChI is InChI=1S/C11H11N3O2/c1-8(13-14-11(15)16-2)10-5-3-9(7-12)4-6-10/h3-6H,1-2H3,(H,14,15)/b13-8+. The number of methoxy groups -OCH3 is 1. The molecule has 0 unspecified atom stereocenters. The molecule has 0 aliphatic carbocycles. The van der Waals surface area contributed by atoms with E-state index >= 15 is 0 Å². The predicted molar refractivity (Wildman–Crippen MR) is 58.9 cm³/mol. The van der Waals surface area contributed by atoms with Crippen molar-refractivity contribution in [2.45, 2.75) is 6.92 Å². The van der Waals surface area contributed by atoms with Gasteiger partial charge >= 0.3 is 6.09 Å². The SMILES string of the molecule is COC(=O)N/N=C(\C)c1ccc(C#N)cc1. The summed E-state index contributed by atoms with van der Waals surface area (Å²) in [4.78, 5) is 10.8. The van der Waals surface area contributed by atoms with Crippen molar-refractivity contribution in [2.75, 3.05) is 7.11 Å². The fourth-order valence-electron chi connectivity index (χ4n) is 1.03. The minimum atomic E-state index is -0.618. The van der Waals surface area contributed by atoms with Gasteiger partial charge in [0.05, 0.1) is 24.5 Å². The van der Waals surface area contributed by atoms with Crippen molar-refractivity contribution in [3.05, 3.63) is 35.4 Å². The molecule has 5 nitrogen and oxygen atoms in total. The van der Waals surface area contributed by atoms with Crippen LogP contribution < -0.4 is 5.43 Å². The lowest BCUT2D eigenvalue weighted by Crippen LogP contribution is -2.18. The van der Waals surface area contributed by atoms with Crippen molar-refractivity contribution < 1.29 is 9.53 Å². The lowest BCUT2D eigenvalue weighted by atomic mass is 10.1. The largest absolute Gasteiger partial charge is 0.452 e. The van der Waals surface area contributed by atoms with Crippen molar-refractivity contribution in [3.63, 3.8) is 0 Å². The predicted octanol–water partition coefficient (Wildman–Crippen LogP) is 1.64. The Bertz CT molecular complexity index is 443. The minimum absolute atomic E-state index is 0.581. The smallest absolute Gasteiger partial charge is 0.427 e. The van der Waals surface area contributed by atoms with Gasteiger partial charge in [-0.1, -0.05) is 12.1 Å². The molecule has 0 radical (unpaired) electrons. The number of nitrogens with one attached hydrogen (secondary N) is 1. The first-order valence-electron chi connectivity index (χ1n) is 4.56. The van der Waals surface area contributed by atoms with Gasteiger partial charge in [0, 0.05) is 0 Å². The molecule has 1 rings (SSSR count). The van der Waals surface area contributed by atoms with Crippen molar-refractivity contribution in [2.24, 2.45) is 5.10 Å². The van der Waals surface area contributed by atoms with Crippen molar-refractivity contribution in [1.82, 2.24) is 5.43 Å². The second kappa shape index (κ2) is 5.51. The Morgan fingerprint density at radius 1 is 1.44 bits per heavy atom. The van der Waals surface area contributed by atoms with Gasteiger partial charge in [-0.15, -0.1) is 0 Å². The first kappa shape index (κ1) is 11.7. The van der Waals surface area contributed by atoms with Gasteiger partial charge in [0.15, 0.2) is 0 Å². The number of benzene rings is 1. The quantitative estimate of drug-likeness (QED) is 0.604. The first-order chi connectivity index (χ1) is 7.67. The number of carbonyl (C=O) groups excluding carboxylic acids is 1. The average molecular weight is 217 g/mol. The van der Waals surface area contributed by atoms with E-state index in [2.05, 4.69) is 15.3 Å². The molecular formula is C11H11N3O2. The van der Waals surface area contributed by atoms with Crippen molar-refractivity contribution in [1.29, 1.82) is 5.26 Å². The number of nitriles is 1. The molecule has 1 amide bonds. The Morgan fingerprint density at radius 3 is 2.56 bits per heavy atom. The first-order valence-corrected chi connectivity index (χ1v) is 4.56. The zero-order valence-corrected chi connectivity index (χ0v) is 9.02. The molecule has 0 saturated heterocycles. The van der Waals surface area contributed by atoms with Gasteiger partial charge in [-0.25, -0.2) is 10.2 Å². The average Bonchev–Trinajstić information content (AvgIpc) is 2.35. The fraction of sp³-hybridized carbons (Fsp3) is 0.182. The van der Waals surface area contributed by atoms with Crippen LogP contribution in [0.1, 0.15) is 18.1 Å². The van der Waals surface area contributed by atoms with E-state index in [-0.39, 0.29) is 0 Å². The van der Waals surface area contributed by atoms with Crippen LogP contribution in [0.25, 0.3) is 0 Å². The van der Waals surface area contributed by atoms with Gasteiger partial charge in [0.2, 0.25) is 0 Å². The molecule has 0 atom stereocenters. The molecule has 82 valence electrons. The molecule has 0 spiro atoms. The molecule has 1 N–H and O–H groups in total. The molecule has 0 heterocycles. The highest BCUT2D eigenvalue weighted by Crippen LogP contribution is 2.04. The highest BCUT2D eigenvalue weighted by atomic mass is 16.5. The Kier molecular flexibility index (Phi) is 4.04. The molecule has 0 bridgehead atoms. The zero-order valence-electron chi connectivity index (χ0n) is 9.02. The van der Waals surface area contributed by atoms with E-state index in [1.165, 1.54) is 7.11 Å². The third-order valence-corrected chi connectivity index (χ3v) is 1.93. The number of nitrogens with zero attached hydrogens (tertiary/aromatic N) is 2. The molecular weight excluding hydrogens is 206 g/mol. The second-order valence-corrected chi connectivity index (χ2v) is 2.99. The summed E-state index contributed by atoms with van der Waals surface area (Å²) < 4.78 is 4.37. The highest BCUT2D eigenvalue weighted by Gasteiger charge is 1.99. The summed E-state index contributed by atoms with van der Waals surface area (Å²) in [5.41, 5.74) is 4.27. The Balaban J connectivity index is 2.76. The van der Waals surface area contributed by atoms with Gasteiger partial charge in [-0.2, -0.15) is 10.4 Å². The van der Waals surface area contributed by atoms with Crippen molar-refractivity contribution >= 4 is 11.8 Å². The van der Waals surface area contributed by atoms with Gasteiger partial charge in [-0.3, -0.25) is 0 Å². The summed E-state index contributed by atoms with van der Waals surface area (Å²) >= 11 is 0. The summed E-state index contributed by atoms with van der Waals surface area (Å²) in [6, 6.07) is 8.92. The maximum atomic E-state index is 10.8. The van der Waals surface area contributed by atoms with Crippen LogP contribution in [0, 0.1) is 11.3 Å². The Morgan fingerprint density at radius 2 is 2.06 bits per heavy atom. The Hall–Kier alpha value is -2.35. The summed E-state index contributed by atoms with van der Waals surface area (Å²) in [5.74, 6) is 0. The third-order valence-electron chi connectivity index (χ3n) is 1.93. The summed E-state index contributed by atoms with van der Waals surface area (Å²) in [6.45, 7) is 1.75. The maximum absolute atomic E-state index is 10.8. The van der Waals surface area contributed by atoms with Crippen molar-refractivity contribution in [3.8, 4) is 6.07 Å². The van der Waals surface area contributed by atoms with Crippen LogP contribution in [0.4, 0.5) is 4.79 Å². The van der Waals surface area contributed by atoms with Crippen LogP contribution >= 0.6 is 0 Å². The number of hydrogen-bond donors (Lipinski definition) is 1. The maximum Gasteiger partial charge on any atom is 0.427 e. The van der Waals surface area contributed by atoms with Crippen LogP contribution in [0.2, 0.25) is 0 Å². The monoisotopic (exact) mass is 217 g/mol. The van der Waals surface area contributed by atoms with Gasteiger partial charge in [-0.05, 0) is 24.6 Å². The molecule has 1 aromatic rings. The van der Waals surface area contributed by atoms with E-state index < -0.39 is 6.09 Å². The molecule has 5 heteroatoms. The number of rotatable bonds is 2. The topological polar surface area (TPSA) is 74.5 Å². The van der Waals surface area contributed by atoms with E-state index in [0.717, 1.165) is 5.56 Å². The zero-order chi connectivity index (χ0) is 12.0. The van der Waals surface area contributed by atoms with Gasteiger partial charge in [0.1, 0.15) is 0 Å². The highest BCUT2D eigenvalue weighted by molar-refractivity contribution is 5.99. The van der Waals surface area contributed by atoms with Gasteiger partial charge < -0.3 is 4.74 Å². The van der Waals surface area contributed by atoms with E-state index in [4.69, 9.17) is 5.26 Å². The van der Waals surface area contributed by atoms with Crippen LogP contribution in [0.3, 0.4) is 0 Å². The second-order valence-electron chi connectivity index (χ2n) is 2.99. The summed E-state index contributed by atoms with van der Waals surface area (Å²) in [6.07, 6.45) is -0.618. The molecule has 0 aromatic heterocycles. The third kappa shape index (κ3) is 3.10. The number of carbonyl (C=O) groups is 1. The minimum Gasteiger partial charge on any atom is -0.452 e. The molecule has 16 heavy (non-hydrogen) atoms. The molecule has 0 aliphatic rings. The lowest BCUT2D eigenvalue weighted by molar-refractivity contribution is 0.171. The lowest BCUT2D eigenvalue weighted by Gasteiger charge is -2.01. The van der Waals surface area contributed by atoms with Crippen LogP contribution in [-0.2, 0) is 4.74 Å². The normalized spacial score (nSPS) is 10.4. The number of ether oxygens (including phenoxy) is 1. The number of hydrazone groups is 1. The van der Waals surface area contributed by atoms with E-state index in [9.17, 15) is 4.79 Å². The molecule has 0 aliphatic heterocycles. The van der Waals surface area contributed by atoms with Crippen LogP contribution in [-0.4, -0.2) is 18.9 Å². The summed E-state index contributed by atoms with van der Waals surface area (Å²) in [7, 11) is 1.27. The summed E-state index contributed by atoms with van der Waals surface area (Å²) in [5, 5.41) is 12.5. The van der Waals surface area contributed by atoms with E-state index in [1.807, 2.05) is 6.07 Å². The van der Waals surface area contributed by atoms with E-state index in [1.54, 1.807) is 31.2 Å². The van der Waals surface area contributed by atoms with E-state index in [0.29, 0.717) is 11.3 Å². The number of hydrogen-bond acceptors (Lipinski definition) is 4. The van der Waals surface area contributed by atoms with Gasteiger partial charge in [0.25, 0.3) is 0 Å². The number of amides is 1. The molecule has 1 aromatic carbocycles. The molecule has 0 saturated carbocycles. The Labute approximate surface area is 93.3 Å². The van der Waals surface area contributed by atoms with Crippen LogP contribution in [0.15, 0.2) is 29.4 Å². The molecule has 0 fully saturated rings.